The summed E-state index contributed by atoms with van der Waals surface area (Å²) in [6.45, 7) is 0. The van der Waals surface area contributed by atoms with E-state index in [-0.39, 0.29) is 5.69 Å². The van der Waals surface area contributed by atoms with Gasteiger partial charge in [0, 0.05) is 5.69 Å². The van der Waals surface area contributed by atoms with Gasteiger partial charge in [0.15, 0.2) is 0 Å². The van der Waals surface area contributed by atoms with Crippen LogP contribution in [0.2, 0.25) is 0 Å². The van der Waals surface area contributed by atoms with Gasteiger partial charge < -0.3 is 5.32 Å². The fourth-order valence-electron chi connectivity index (χ4n) is 2.97. The van der Waals surface area contributed by atoms with E-state index in [1.165, 1.54) is 16.8 Å². The standard InChI is InChI=1S/C22H16F3N5OS/c23-22(24,25)16-10-7-11-17(14-16)26-20(31)19(15-8-3-1-4-9-15)32-21-27-28-29-30(21)18-12-5-2-6-13-18/h1-14,19H,(H,26,31). The van der Waals surface area contributed by atoms with Crippen LogP contribution in [0.25, 0.3) is 5.69 Å². The number of tetrazole rings is 1. The highest BCUT2D eigenvalue weighted by atomic mass is 32.2. The highest BCUT2D eigenvalue weighted by molar-refractivity contribution is 8.00. The number of rotatable bonds is 6. The predicted octanol–water partition coefficient (Wildman–Crippen LogP) is 5.15. The highest BCUT2D eigenvalue weighted by Crippen LogP contribution is 2.36. The van der Waals surface area contributed by atoms with Crippen molar-refractivity contribution in [2.75, 3.05) is 5.32 Å². The molecule has 6 nitrogen and oxygen atoms in total. The van der Waals surface area contributed by atoms with Crippen LogP contribution in [0.4, 0.5) is 18.9 Å². The van der Waals surface area contributed by atoms with Crippen LogP contribution >= 0.6 is 11.8 Å². The molecule has 1 aromatic heterocycles. The number of carbonyl (C=O) groups is 1. The van der Waals surface area contributed by atoms with Crippen molar-refractivity contribution in [3.8, 4) is 5.69 Å². The zero-order chi connectivity index (χ0) is 22.6. The number of hydrogen-bond acceptors (Lipinski definition) is 5. The van der Waals surface area contributed by atoms with Crippen molar-refractivity contribution in [2.24, 2.45) is 0 Å². The van der Waals surface area contributed by atoms with Crippen LogP contribution in [0.15, 0.2) is 90.1 Å². The smallest absolute Gasteiger partial charge is 0.325 e. The number of alkyl halides is 3. The molecular formula is C22H16F3N5OS. The second kappa shape index (κ2) is 9.23. The molecule has 1 unspecified atom stereocenters. The number of halogens is 3. The third kappa shape index (κ3) is 4.97. The summed E-state index contributed by atoms with van der Waals surface area (Å²) in [7, 11) is 0. The summed E-state index contributed by atoms with van der Waals surface area (Å²) in [5.74, 6) is -0.497. The van der Waals surface area contributed by atoms with Gasteiger partial charge in [0.2, 0.25) is 11.1 Å². The van der Waals surface area contributed by atoms with Crippen LogP contribution in [-0.2, 0) is 11.0 Å². The minimum absolute atomic E-state index is 0.0500. The average molecular weight is 455 g/mol. The van der Waals surface area contributed by atoms with Gasteiger partial charge >= 0.3 is 6.18 Å². The van der Waals surface area contributed by atoms with Crippen LogP contribution in [0.1, 0.15) is 16.4 Å². The fourth-order valence-corrected chi connectivity index (χ4v) is 3.97. The first kappa shape index (κ1) is 21.6. The van der Waals surface area contributed by atoms with Crippen molar-refractivity contribution >= 4 is 23.4 Å². The van der Waals surface area contributed by atoms with Crippen molar-refractivity contribution in [3.63, 3.8) is 0 Å². The van der Waals surface area contributed by atoms with Crippen LogP contribution in [0.5, 0.6) is 0 Å². The quantitative estimate of drug-likeness (QED) is 0.407. The summed E-state index contributed by atoms with van der Waals surface area (Å²) in [5, 5.41) is 13.9. The average Bonchev–Trinajstić information content (AvgIpc) is 3.26. The maximum Gasteiger partial charge on any atom is 0.416 e. The Morgan fingerprint density at radius 2 is 1.62 bits per heavy atom. The molecule has 3 aromatic carbocycles. The molecule has 0 fully saturated rings. The molecule has 10 heteroatoms. The minimum Gasteiger partial charge on any atom is -0.325 e. The topological polar surface area (TPSA) is 72.7 Å². The molecule has 0 aliphatic rings. The molecular weight excluding hydrogens is 439 g/mol. The molecule has 1 heterocycles. The second-order valence-corrected chi connectivity index (χ2v) is 7.76. The van der Waals surface area contributed by atoms with Crippen molar-refractivity contribution in [1.29, 1.82) is 0 Å². The monoisotopic (exact) mass is 455 g/mol. The van der Waals surface area contributed by atoms with Gasteiger partial charge in [-0.15, -0.1) is 5.10 Å². The maximum absolute atomic E-state index is 13.2. The number of benzene rings is 3. The molecule has 0 saturated carbocycles. The number of amides is 1. The summed E-state index contributed by atoms with van der Waals surface area (Å²) >= 11 is 1.10. The molecule has 1 atom stereocenters. The van der Waals surface area contributed by atoms with Crippen molar-refractivity contribution in [3.05, 3.63) is 96.1 Å². The molecule has 0 aliphatic carbocycles. The number of thioether (sulfide) groups is 1. The van der Waals surface area contributed by atoms with Crippen molar-refractivity contribution in [2.45, 2.75) is 16.6 Å². The first-order chi connectivity index (χ1) is 15.4. The third-order valence-corrected chi connectivity index (χ3v) is 5.65. The summed E-state index contributed by atoms with van der Waals surface area (Å²) in [6.07, 6.45) is -4.51. The lowest BCUT2D eigenvalue weighted by Gasteiger charge is -2.17. The van der Waals surface area contributed by atoms with Gasteiger partial charge in [-0.3, -0.25) is 4.79 Å². The largest absolute Gasteiger partial charge is 0.416 e. The van der Waals surface area contributed by atoms with E-state index < -0.39 is 22.9 Å². The van der Waals surface area contributed by atoms with E-state index in [0.29, 0.717) is 16.4 Å². The molecule has 1 N–H and O–H groups in total. The summed E-state index contributed by atoms with van der Waals surface area (Å²) in [5.41, 5.74) is 0.580. The SMILES string of the molecule is O=C(Nc1cccc(C(F)(F)F)c1)C(Sc1nnnn1-c1ccccc1)c1ccccc1. The zero-order valence-electron chi connectivity index (χ0n) is 16.4. The molecule has 0 bridgehead atoms. The molecule has 4 aromatic rings. The molecule has 162 valence electrons. The highest BCUT2D eigenvalue weighted by Gasteiger charge is 2.31. The van der Waals surface area contributed by atoms with Crippen molar-refractivity contribution in [1.82, 2.24) is 20.2 Å². The van der Waals surface area contributed by atoms with Crippen LogP contribution in [0, 0.1) is 0 Å². The number of aromatic nitrogens is 4. The Morgan fingerprint density at radius 3 is 2.31 bits per heavy atom. The van der Waals surface area contributed by atoms with Crippen molar-refractivity contribution < 1.29 is 18.0 Å². The number of para-hydroxylation sites is 1. The number of nitrogens with zero attached hydrogens (tertiary/aromatic N) is 4. The van der Waals surface area contributed by atoms with Crippen LogP contribution in [-0.4, -0.2) is 26.1 Å². The van der Waals surface area contributed by atoms with E-state index in [2.05, 4.69) is 20.8 Å². The van der Waals surface area contributed by atoms with E-state index in [9.17, 15) is 18.0 Å². The molecule has 0 radical (unpaired) electrons. The van der Waals surface area contributed by atoms with Gasteiger partial charge in [0.25, 0.3) is 0 Å². The van der Waals surface area contributed by atoms with Gasteiger partial charge in [-0.1, -0.05) is 66.4 Å². The van der Waals surface area contributed by atoms with E-state index in [0.717, 1.165) is 23.9 Å². The van der Waals surface area contributed by atoms with Gasteiger partial charge in [0.05, 0.1) is 11.3 Å². The second-order valence-electron chi connectivity index (χ2n) is 6.69. The van der Waals surface area contributed by atoms with Crippen LogP contribution in [0.3, 0.4) is 0 Å². The van der Waals surface area contributed by atoms with Gasteiger partial charge in [0.1, 0.15) is 5.25 Å². The first-order valence-electron chi connectivity index (χ1n) is 9.45. The molecule has 32 heavy (non-hydrogen) atoms. The lowest BCUT2D eigenvalue weighted by molar-refractivity contribution is -0.137. The van der Waals surface area contributed by atoms with E-state index in [1.807, 2.05) is 36.4 Å². The maximum atomic E-state index is 13.2. The van der Waals surface area contributed by atoms with Gasteiger partial charge in [-0.2, -0.15) is 17.9 Å². The Morgan fingerprint density at radius 1 is 0.938 bits per heavy atom. The number of carbonyl (C=O) groups excluding carboxylic acids is 1. The van der Waals surface area contributed by atoms with E-state index in [4.69, 9.17) is 0 Å². The minimum atomic E-state index is -4.51. The van der Waals surface area contributed by atoms with E-state index >= 15 is 0 Å². The lowest BCUT2D eigenvalue weighted by atomic mass is 10.1. The van der Waals surface area contributed by atoms with Gasteiger partial charge in [-0.05, 0) is 46.3 Å². The molecule has 1 amide bonds. The number of hydrogen-bond donors (Lipinski definition) is 1. The molecule has 0 spiro atoms. The third-order valence-electron chi connectivity index (χ3n) is 4.46. The Labute approximate surface area is 185 Å². The summed E-state index contributed by atoms with van der Waals surface area (Å²) in [6, 6.07) is 22.6. The molecule has 0 aliphatic heterocycles. The Hall–Kier alpha value is -3.66. The summed E-state index contributed by atoms with van der Waals surface area (Å²) in [4.78, 5) is 13.2. The fraction of sp³-hybridized carbons (Fsp3) is 0.0909. The normalized spacial score (nSPS) is 12.3. The predicted molar refractivity (Wildman–Crippen MR) is 114 cm³/mol. The Kier molecular flexibility index (Phi) is 6.22. The molecule has 4 rings (SSSR count). The first-order valence-corrected chi connectivity index (χ1v) is 10.3. The number of nitrogens with one attached hydrogen (secondary N) is 1. The molecule has 0 saturated heterocycles. The summed E-state index contributed by atoms with van der Waals surface area (Å²) < 4.78 is 40.6. The Balaban J connectivity index is 1.63. The van der Waals surface area contributed by atoms with Crippen LogP contribution < -0.4 is 5.32 Å². The van der Waals surface area contributed by atoms with E-state index in [1.54, 1.807) is 24.3 Å². The van der Waals surface area contributed by atoms with Gasteiger partial charge in [-0.25, -0.2) is 0 Å². The lowest BCUT2D eigenvalue weighted by Crippen LogP contribution is -2.20. The Bertz CT molecular complexity index is 1200. The number of anilines is 1. The zero-order valence-corrected chi connectivity index (χ0v) is 17.2.